The van der Waals surface area contributed by atoms with Crippen molar-refractivity contribution < 1.29 is 19.0 Å². The number of rotatable bonds is 5. The van der Waals surface area contributed by atoms with Crippen LogP contribution in [0.4, 0.5) is 10.5 Å². The summed E-state index contributed by atoms with van der Waals surface area (Å²) in [5, 5.41) is 2.89. The van der Waals surface area contributed by atoms with Crippen LogP contribution in [-0.2, 0) is 0 Å². The first-order valence-corrected chi connectivity index (χ1v) is 8.28. The van der Waals surface area contributed by atoms with Crippen LogP contribution in [0.5, 0.6) is 17.2 Å². The number of nitrogens with one attached hydrogen (secondary N) is 1. The second-order valence-corrected chi connectivity index (χ2v) is 5.67. The van der Waals surface area contributed by atoms with E-state index in [-0.39, 0.29) is 12.1 Å². The third kappa shape index (κ3) is 3.96. The number of carbonyl (C=O) groups is 1. The number of methoxy groups -OCH3 is 1. The minimum absolute atomic E-state index is 0.200. The van der Waals surface area contributed by atoms with E-state index in [1.807, 2.05) is 43.3 Å². The largest absolute Gasteiger partial charge is 0.495 e. The average molecular weight is 342 g/mol. The third-order valence-electron chi connectivity index (χ3n) is 4.01. The number of amides is 2. The van der Waals surface area contributed by atoms with Crippen LogP contribution in [0.3, 0.4) is 0 Å². The highest BCUT2D eigenvalue weighted by atomic mass is 16.6. The maximum atomic E-state index is 12.6. The fraction of sp³-hybridized carbons (Fsp3) is 0.316. The van der Waals surface area contributed by atoms with Crippen molar-refractivity contribution in [3.63, 3.8) is 0 Å². The zero-order valence-electron chi connectivity index (χ0n) is 14.4. The van der Waals surface area contributed by atoms with E-state index in [9.17, 15) is 4.79 Å². The molecule has 3 rings (SSSR count). The molecule has 0 aliphatic carbocycles. The Labute approximate surface area is 147 Å². The molecule has 0 saturated carbocycles. The van der Waals surface area contributed by atoms with E-state index in [0.717, 1.165) is 5.75 Å². The first-order valence-electron chi connectivity index (χ1n) is 8.28. The van der Waals surface area contributed by atoms with Gasteiger partial charge in [0, 0.05) is 6.54 Å². The molecule has 6 heteroatoms. The van der Waals surface area contributed by atoms with Crippen LogP contribution in [0, 0.1) is 0 Å². The molecule has 2 aromatic rings. The number of carbonyl (C=O) groups excluding carboxylic acids is 1. The minimum atomic E-state index is -0.210. The highest BCUT2D eigenvalue weighted by molar-refractivity contribution is 5.91. The van der Waals surface area contributed by atoms with Gasteiger partial charge in [0.1, 0.15) is 12.4 Å². The molecule has 0 fully saturated rings. The van der Waals surface area contributed by atoms with E-state index in [1.165, 1.54) is 0 Å². The molecule has 1 heterocycles. The lowest BCUT2D eigenvalue weighted by Crippen LogP contribution is -2.45. The Morgan fingerprint density at radius 3 is 2.68 bits per heavy atom. The molecule has 132 valence electrons. The Bertz CT molecular complexity index is 735. The Morgan fingerprint density at radius 1 is 1.20 bits per heavy atom. The van der Waals surface area contributed by atoms with Crippen LogP contribution in [0.15, 0.2) is 48.5 Å². The fourth-order valence-corrected chi connectivity index (χ4v) is 2.70. The number of benzene rings is 2. The molecule has 0 bridgehead atoms. The number of anilines is 1. The van der Waals surface area contributed by atoms with Crippen molar-refractivity contribution in [3.05, 3.63) is 48.5 Å². The van der Waals surface area contributed by atoms with Crippen molar-refractivity contribution in [2.24, 2.45) is 0 Å². The summed E-state index contributed by atoms with van der Waals surface area (Å²) in [6.45, 7) is 3.34. The Kier molecular flexibility index (Phi) is 5.28. The number of para-hydroxylation sites is 4. The molecule has 1 N–H and O–H groups in total. The van der Waals surface area contributed by atoms with Gasteiger partial charge in [0.25, 0.3) is 0 Å². The zero-order valence-corrected chi connectivity index (χ0v) is 14.4. The summed E-state index contributed by atoms with van der Waals surface area (Å²) >= 11 is 0. The van der Waals surface area contributed by atoms with Crippen LogP contribution < -0.4 is 19.5 Å². The monoisotopic (exact) mass is 342 g/mol. The maximum absolute atomic E-state index is 12.6. The van der Waals surface area contributed by atoms with Crippen molar-refractivity contribution in [3.8, 4) is 17.2 Å². The summed E-state index contributed by atoms with van der Waals surface area (Å²) in [5.41, 5.74) is 0.639. The summed E-state index contributed by atoms with van der Waals surface area (Å²) in [5.74, 6) is 2.07. The SMILES string of the molecule is CCN(C[C@@H]1COc2ccccc2O1)C(=O)Nc1ccccc1OC. The van der Waals surface area contributed by atoms with Gasteiger partial charge < -0.3 is 24.4 Å². The lowest BCUT2D eigenvalue weighted by Gasteiger charge is -2.31. The third-order valence-corrected chi connectivity index (χ3v) is 4.01. The maximum Gasteiger partial charge on any atom is 0.322 e. The number of hydrogen-bond acceptors (Lipinski definition) is 4. The second kappa shape index (κ2) is 7.79. The van der Waals surface area contributed by atoms with E-state index in [2.05, 4.69) is 5.32 Å². The van der Waals surface area contributed by atoms with Crippen molar-refractivity contribution in [1.29, 1.82) is 0 Å². The molecule has 0 unspecified atom stereocenters. The van der Waals surface area contributed by atoms with Gasteiger partial charge in [0.2, 0.25) is 0 Å². The van der Waals surface area contributed by atoms with Gasteiger partial charge in [-0.1, -0.05) is 24.3 Å². The molecule has 25 heavy (non-hydrogen) atoms. The van der Waals surface area contributed by atoms with Crippen LogP contribution in [-0.4, -0.2) is 43.8 Å². The molecule has 0 aromatic heterocycles. The standard InChI is InChI=1S/C19H22N2O4/c1-3-21(19(22)20-15-8-4-5-9-16(15)23-2)12-14-13-24-17-10-6-7-11-18(17)25-14/h4-11,14H,3,12-13H2,1-2H3,(H,20,22)/t14-/m1/s1. The summed E-state index contributed by atoms with van der Waals surface area (Å²) in [7, 11) is 1.58. The van der Waals surface area contributed by atoms with E-state index in [1.54, 1.807) is 24.1 Å². The molecule has 0 radical (unpaired) electrons. The fourth-order valence-electron chi connectivity index (χ4n) is 2.70. The molecule has 0 spiro atoms. The van der Waals surface area contributed by atoms with Gasteiger partial charge in [-0.25, -0.2) is 4.79 Å². The molecule has 1 atom stereocenters. The van der Waals surface area contributed by atoms with Gasteiger partial charge >= 0.3 is 6.03 Å². The number of ether oxygens (including phenoxy) is 3. The highest BCUT2D eigenvalue weighted by Crippen LogP contribution is 2.31. The quantitative estimate of drug-likeness (QED) is 0.905. The molecule has 1 aliphatic rings. The van der Waals surface area contributed by atoms with Crippen molar-refractivity contribution in [1.82, 2.24) is 4.90 Å². The van der Waals surface area contributed by atoms with Gasteiger partial charge in [0.05, 0.1) is 19.3 Å². The lowest BCUT2D eigenvalue weighted by atomic mass is 10.2. The van der Waals surface area contributed by atoms with Crippen LogP contribution in [0.1, 0.15) is 6.92 Å². The molecular weight excluding hydrogens is 320 g/mol. The Hall–Kier alpha value is -2.89. The Morgan fingerprint density at radius 2 is 1.92 bits per heavy atom. The topological polar surface area (TPSA) is 60.0 Å². The summed E-state index contributed by atoms with van der Waals surface area (Å²) in [6.07, 6.45) is -0.210. The smallest absolute Gasteiger partial charge is 0.322 e. The summed E-state index contributed by atoms with van der Waals surface area (Å²) in [6, 6.07) is 14.7. The predicted molar refractivity (Wildman–Crippen MR) is 95.6 cm³/mol. The van der Waals surface area contributed by atoms with Gasteiger partial charge in [-0.3, -0.25) is 0 Å². The highest BCUT2D eigenvalue weighted by Gasteiger charge is 2.25. The Balaban J connectivity index is 1.63. The van der Waals surface area contributed by atoms with Crippen molar-refractivity contribution in [2.45, 2.75) is 13.0 Å². The molecule has 6 nitrogen and oxygen atoms in total. The van der Waals surface area contributed by atoms with E-state index in [4.69, 9.17) is 14.2 Å². The van der Waals surface area contributed by atoms with Gasteiger partial charge in [0.15, 0.2) is 17.6 Å². The molecule has 0 saturated heterocycles. The molecule has 2 aromatic carbocycles. The predicted octanol–water partition coefficient (Wildman–Crippen LogP) is 3.39. The van der Waals surface area contributed by atoms with Crippen molar-refractivity contribution in [2.75, 3.05) is 32.1 Å². The summed E-state index contributed by atoms with van der Waals surface area (Å²) in [4.78, 5) is 14.3. The minimum Gasteiger partial charge on any atom is -0.495 e. The summed E-state index contributed by atoms with van der Waals surface area (Å²) < 4.78 is 16.9. The zero-order chi connectivity index (χ0) is 17.6. The number of nitrogens with zero attached hydrogens (tertiary/aromatic N) is 1. The van der Waals surface area contributed by atoms with Crippen molar-refractivity contribution >= 4 is 11.7 Å². The normalized spacial score (nSPS) is 15.4. The first-order chi connectivity index (χ1) is 12.2. The molecular formula is C19H22N2O4. The number of fused-ring (bicyclic) bond motifs is 1. The van der Waals surface area contributed by atoms with E-state index >= 15 is 0 Å². The van der Waals surface area contributed by atoms with E-state index in [0.29, 0.717) is 36.9 Å². The van der Waals surface area contributed by atoms with E-state index < -0.39 is 0 Å². The van der Waals surface area contributed by atoms with Crippen LogP contribution >= 0.6 is 0 Å². The van der Waals surface area contributed by atoms with Gasteiger partial charge in [-0.05, 0) is 31.2 Å². The molecule has 1 aliphatic heterocycles. The number of hydrogen-bond donors (Lipinski definition) is 1. The number of urea groups is 1. The van der Waals surface area contributed by atoms with Crippen LogP contribution in [0.25, 0.3) is 0 Å². The van der Waals surface area contributed by atoms with Crippen LogP contribution in [0.2, 0.25) is 0 Å². The van der Waals surface area contributed by atoms with Gasteiger partial charge in [-0.2, -0.15) is 0 Å². The second-order valence-electron chi connectivity index (χ2n) is 5.67. The first kappa shape index (κ1) is 17.0. The average Bonchev–Trinajstić information content (AvgIpc) is 2.66. The van der Waals surface area contributed by atoms with Gasteiger partial charge in [-0.15, -0.1) is 0 Å². The number of likely N-dealkylation sites (N-methyl/N-ethyl adjacent to an activating group) is 1. The lowest BCUT2D eigenvalue weighted by molar-refractivity contribution is 0.0693. The molecule has 2 amide bonds.